The van der Waals surface area contributed by atoms with E-state index in [1.807, 2.05) is 11.0 Å². The Kier molecular flexibility index (Phi) is 4.05. The van der Waals surface area contributed by atoms with Crippen molar-refractivity contribution in [3.63, 3.8) is 0 Å². The summed E-state index contributed by atoms with van der Waals surface area (Å²) in [5.41, 5.74) is 4.76. The van der Waals surface area contributed by atoms with Crippen LogP contribution in [0, 0.1) is 5.92 Å². The van der Waals surface area contributed by atoms with E-state index in [4.69, 9.17) is 4.98 Å². The zero-order valence-corrected chi connectivity index (χ0v) is 15.7. The van der Waals surface area contributed by atoms with Gasteiger partial charge in [0.05, 0.1) is 17.1 Å². The first-order valence-corrected chi connectivity index (χ1v) is 10.3. The van der Waals surface area contributed by atoms with Crippen LogP contribution in [0.25, 0.3) is 11.0 Å². The van der Waals surface area contributed by atoms with E-state index in [-0.39, 0.29) is 14.6 Å². The quantitative estimate of drug-likeness (QED) is 0.505. The third-order valence-electron chi connectivity index (χ3n) is 5.82. The van der Waals surface area contributed by atoms with E-state index in [0.717, 1.165) is 65.4 Å². The number of benzene rings is 1. The first-order valence-electron chi connectivity index (χ1n) is 9.20. The molecule has 1 saturated carbocycles. The number of nitrogens with zero attached hydrogens (tertiary/aromatic N) is 3. The Labute approximate surface area is 157 Å². The Hall–Kier alpha value is -2.53. The third kappa shape index (κ3) is 2.86. The van der Waals surface area contributed by atoms with Crippen LogP contribution in [0.1, 0.15) is 42.4 Å². The second kappa shape index (κ2) is 6.57. The van der Waals surface area contributed by atoms with Crippen molar-refractivity contribution < 1.29 is 9.59 Å². The molecule has 4 atom stereocenters. The summed E-state index contributed by atoms with van der Waals surface area (Å²) in [6.45, 7) is 0. The van der Waals surface area contributed by atoms with E-state index in [1.165, 1.54) is 6.42 Å². The highest BCUT2D eigenvalue weighted by atomic mass is 31.1. The maximum Gasteiger partial charge on any atom is 0.210 e. The van der Waals surface area contributed by atoms with Gasteiger partial charge in [0.15, 0.2) is 0 Å². The summed E-state index contributed by atoms with van der Waals surface area (Å²) < 4.78 is 0. The van der Waals surface area contributed by atoms with Gasteiger partial charge in [0, 0.05) is 32.9 Å². The predicted octanol–water partition coefficient (Wildman–Crippen LogP) is 2.05. The SMILES string of the molecule is O=CPc1ncc(Cc2ccc3nc([C@@H]4[C@H]5CC[C@H](C5)N4C=O)[nH]c3c2)[nH]1. The molecule has 1 saturated heterocycles. The molecule has 1 amide bonds. The first kappa shape index (κ1) is 16.6. The van der Waals surface area contributed by atoms with Gasteiger partial charge in [0.1, 0.15) is 17.4 Å². The van der Waals surface area contributed by atoms with Crippen LogP contribution in [0.4, 0.5) is 0 Å². The molecule has 0 spiro atoms. The number of H-pyrrole nitrogens is 2. The van der Waals surface area contributed by atoms with Gasteiger partial charge in [-0.05, 0) is 42.9 Å². The maximum atomic E-state index is 11.6. The Balaban J connectivity index is 1.41. The van der Waals surface area contributed by atoms with Gasteiger partial charge in [-0.25, -0.2) is 9.97 Å². The average Bonchev–Trinajstić information content (AvgIpc) is 3.44. The van der Waals surface area contributed by atoms with Crippen molar-refractivity contribution in [2.24, 2.45) is 5.92 Å². The van der Waals surface area contributed by atoms with E-state index >= 15 is 0 Å². The second-order valence-corrected chi connectivity index (χ2v) is 8.39. The Morgan fingerprint density at radius 2 is 2.19 bits per heavy atom. The number of carbonyl (C=O) groups excluding carboxylic acids is 2. The number of imidazole rings is 2. The van der Waals surface area contributed by atoms with Crippen molar-refractivity contribution in [2.75, 3.05) is 0 Å². The smallest absolute Gasteiger partial charge is 0.210 e. The standard InChI is InChI=1S/C19H20N5O2P/c25-9-24-14-3-2-12(7-14)17(24)18-22-15-4-1-11(6-16(15)23-18)5-13-8-20-19(21-13)27-10-26/h1,4,6,8-10,12,14,17,27H,2-3,5,7H2,(H,20,21)(H,22,23)/t12-,14+,17-/m0/s1. The molecule has 5 rings (SSSR count). The molecule has 0 radical (unpaired) electrons. The lowest BCUT2D eigenvalue weighted by molar-refractivity contribution is -0.122. The molecule has 3 heterocycles. The van der Waals surface area contributed by atoms with Crippen LogP contribution in [0.3, 0.4) is 0 Å². The molecule has 2 N–H and O–H groups in total. The number of carbonyl (C=O) groups is 2. The van der Waals surface area contributed by atoms with E-state index in [1.54, 1.807) is 6.20 Å². The van der Waals surface area contributed by atoms with E-state index in [0.29, 0.717) is 12.0 Å². The fourth-order valence-electron chi connectivity index (χ4n) is 4.66. The van der Waals surface area contributed by atoms with Crippen LogP contribution in [-0.4, -0.2) is 43.3 Å². The third-order valence-corrected chi connectivity index (χ3v) is 6.47. The molecule has 8 heteroatoms. The molecule has 7 nitrogen and oxygen atoms in total. The van der Waals surface area contributed by atoms with Crippen molar-refractivity contribution >= 4 is 37.6 Å². The largest absolute Gasteiger partial charge is 0.342 e. The lowest BCUT2D eigenvalue weighted by Gasteiger charge is -2.30. The molecule has 2 aromatic heterocycles. The summed E-state index contributed by atoms with van der Waals surface area (Å²) in [6.07, 6.45) is 6.87. The van der Waals surface area contributed by atoms with Crippen molar-refractivity contribution in [2.45, 2.75) is 37.8 Å². The highest BCUT2D eigenvalue weighted by Crippen LogP contribution is 2.48. The summed E-state index contributed by atoms with van der Waals surface area (Å²) in [6, 6.07) is 7.52. The monoisotopic (exact) mass is 381 g/mol. The van der Waals surface area contributed by atoms with Crippen molar-refractivity contribution in [1.29, 1.82) is 0 Å². The Bertz CT molecular complexity index is 1010. The molecule has 1 aliphatic heterocycles. The molecule has 3 aromatic rings. The number of nitrogens with one attached hydrogen (secondary N) is 2. The van der Waals surface area contributed by atoms with Gasteiger partial charge >= 0.3 is 0 Å². The summed E-state index contributed by atoms with van der Waals surface area (Å²) in [5.74, 6) is 1.42. The number of amides is 1. The molecular formula is C19H20N5O2P. The van der Waals surface area contributed by atoms with Crippen LogP contribution >= 0.6 is 8.58 Å². The Morgan fingerprint density at radius 1 is 1.26 bits per heavy atom. The first-order chi connectivity index (χ1) is 13.2. The van der Waals surface area contributed by atoms with E-state index < -0.39 is 0 Å². The maximum absolute atomic E-state index is 11.6. The summed E-state index contributed by atoms with van der Waals surface area (Å²) in [5, 5.41) is 0. The van der Waals surface area contributed by atoms with Crippen LogP contribution < -0.4 is 5.57 Å². The zero-order chi connectivity index (χ0) is 18.4. The number of aromatic amines is 2. The highest BCUT2D eigenvalue weighted by molar-refractivity contribution is 7.62. The second-order valence-electron chi connectivity index (χ2n) is 7.39. The number of hydrogen-bond acceptors (Lipinski definition) is 4. The molecule has 2 bridgehead atoms. The molecule has 1 aromatic carbocycles. The lowest BCUT2D eigenvalue weighted by Crippen LogP contribution is -2.34. The van der Waals surface area contributed by atoms with Crippen molar-refractivity contribution in [3.05, 3.63) is 41.5 Å². The predicted molar refractivity (Wildman–Crippen MR) is 104 cm³/mol. The van der Waals surface area contributed by atoms with Crippen LogP contribution in [-0.2, 0) is 16.0 Å². The molecule has 1 aliphatic carbocycles. The van der Waals surface area contributed by atoms with Gasteiger partial charge in [0.2, 0.25) is 6.41 Å². The van der Waals surface area contributed by atoms with Gasteiger partial charge in [-0.15, -0.1) is 0 Å². The van der Waals surface area contributed by atoms with Gasteiger partial charge in [-0.2, -0.15) is 0 Å². The fourth-order valence-corrected chi connectivity index (χ4v) is 5.14. The van der Waals surface area contributed by atoms with E-state index in [2.05, 4.69) is 27.1 Å². The van der Waals surface area contributed by atoms with Crippen LogP contribution in [0.5, 0.6) is 0 Å². The summed E-state index contributed by atoms with van der Waals surface area (Å²) >= 11 is 0. The molecule has 1 unspecified atom stereocenters. The molecule has 138 valence electrons. The average molecular weight is 381 g/mol. The molecule has 2 aliphatic rings. The van der Waals surface area contributed by atoms with Gasteiger partial charge in [-0.1, -0.05) is 6.07 Å². The van der Waals surface area contributed by atoms with Crippen molar-refractivity contribution in [3.8, 4) is 0 Å². The normalized spacial score (nSPS) is 24.4. The van der Waals surface area contributed by atoms with E-state index in [9.17, 15) is 9.59 Å². The minimum absolute atomic E-state index is 0.0610. The number of hydrogen-bond donors (Lipinski definition) is 2. The number of fused-ring (bicyclic) bond motifs is 3. The lowest BCUT2D eigenvalue weighted by atomic mass is 9.98. The van der Waals surface area contributed by atoms with Crippen LogP contribution in [0.2, 0.25) is 0 Å². The zero-order valence-electron chi connectivity index (χ0n) is 14.7. The topological polar surface area (TPSA) is 94.7 Å². The Morgan fingerprint density at radius 3 is 3.04 bits per heavy atom. The molecule has 2 fully saturated rings. The van der Waals surface area contributed by atoms with Gasteiger partial charge in [0.25, 0.3) is 0 Å². The number of aromatic nitrogens is 4. The molecular weight excluding hydrogens is 361 g/mol. The van der Waals surface area contributed by atoms with Gasteiger partial charge in [-0.3, -0.25) is 9.59 Å². The minimum Gasteiger partial charge on any atom is -0.342 e. The van der Waals surface area contributed by atoms with Crippen molar-refractivity contribution in [1.82, 2.24) is 24.8 Å². The number of likely N-dealkylation sites (tertiary alicyclic amines) is 1. The van der Waals surface area contributed by atoms with Gasteiger partial charge < -0.3 is 14.9 Å². The minimum atomic E-state index is 0.0610. The summed E-state index contributed by atoms with van der Waals surface area (Å²) in [4.78, 5) is 39.8. The summed E-state index contributed by atoms with van der Waals surface area (Å²) in [7, 11) is 0.0610. The van der Waals surface area contributed by atoms with Crippen LogP contribution in [0.15, 0.2) is 24.4 Å². The fraction of sp³-hybridized carbons (Fsp3) is 0.368. The number of rotatable bonds is 6. The highest BCUT2D eigenvalue weighted by Gasteiger charge is 2.47. The molecule has 27 heavy (non-hydrogen) atoms. The number of piperidine rings is 1.